The van der Waals surface area contributed by atoms with Crippen molar-refractivity contribution in [3.05, 3.63) is 55.5 Å². The number of halogens is 1. The van der Waals surface area contributed by atoms with Gasteiger partial charge in [0.1, 0.15) is 17.6 Å². The number of alkyl halides is 1. The average molecular weight is 406 g/mol. The number of benzene rings is 1. The van der Waals surface area contributed by atoms with Crippen LogP contribution in [-0.2, 0) is 0 Å². The number of aromatic nitrogens is 5. The van der Waals surface area contributed by atoms with Crippen LogP contribution < -0.4 is 5.32 Å². The fourth-order valence-electron chi connectivity index (χ4n) is 4.68. The maximum absolute atomic E-state index is 15.0. The monoisotopic (exact) mass is 406 g/mol. The number of allylic oxidation sites excluding steroid dienone is 1. The van der Waals surface area contributed by atoms with Crippen LogP contribution in [-0.4, -0.2) is 47.6 Å². The van der Waals surface area contributed by atoms with Crippen molar-refractivity contribution < 1.29 is 9.50 Å². The minimum Gasteiger partial charge on any atom is -0.507 e. The van der Waals surface area contributed by atoms with Gasteiger partial charge < -0.3 is 15.0 Å². The summed E-state index contributed by atoms with van der Waals surface area (Å²) in [6.07, 6.45) is 8.14. The fourth-order valence-corrected chi connectivity index (χ4v) is 4.68. The first-order valence-electron chi connectivity index (χ1n) is 10.1. The van der Waals surface area contributed by atoms with Crippen LogP contribution in [0.4, 0.5) is 4.39 Å². The lowest BCUT2D eigenvalue weighted by Gasteiger charge is -2.39. The number of phenols is 1. The Morgan fingerprint density at radius 1 is 1.37 bits per heavy atom. The van der Waals surface area contributed by atoms with Crippen LogP contribution >= 0.6 is 0 Å². The zero-order valence-electron chi connectivity index (χ0n) is 16.7. The van der Waals surface area contributed by atoms with Crippen molar-refractivity contribution >= 4 is 5.57 Å². The molecule has 4 atom stereocenters. The van der Waals surface area contributed by atoms with Gasteiger partial charge in [-0.3, -0.25) is 0 Å². The van der Waals surface area contributed by atoms with Gasteiger partial charge in [-0.2, -0.15) is 0 Å². The number of aromatic hydroxyl groups is 1. The van der Waals surface area contributed by atoms with E-state index in [0.717, 1.165) is 18.5 Å². The predicted octanol–water partition coefficient (Wildman–Crippen LogP) is 3.31. The maximum atomic E-state index is 15.0. The Morgan fingerprint density at radius 2 is 2.23 bits per heavy atom. The molecule has 0 spiro atoms. The van der Waals surface area contributed by atoms with Crippen molar-refractivity contribution in [1.82, 2.24) is 30.0 Å². The number of hydrogen-bond donors (Lipinski definition) is 2. The van der Waals surface area contributed by atoms with E-state index in [-0.39, 0.29) is 23.2 Å². The SMILES string of the molecule is C=C(c1ncc(-c2ccc(-n3ccnc3)cc2O)nn1)[C@H]1C[C@]2(C)CCC(N2)[C@H]1F. The van der Waals surface area contributed by atoms with Crippen molar-refractivity contribution in [3.63, 3.8) is 0 Å². The molecule has 0 amide bonds. The molecule has 2 aliphatic heterocycles. The van der Waals surface area contributed by atoms with Gasteiger partial charge in [-0.15, -0.1) is 10.2 Å². The van der Waals surface area contributed by atoms with Crippen LogP contribution in [0, 0.1) is 5.92 Å². The maximum Gasteiger partial charge on any atom is 0.177 e. The van der Waals surface area contributed by atoms with Gasteiger partial charge in [-0.05, 0) is 43.9 Å². The minimum absolute atomic E-state index is 0.0585. The van der Waals surface area contributed by atoms with Crippen molar-refractivity contribution in [1.29, 1.82) is 0 Å². The van der Waals surface area contributed by atoms with E-state index in [9.17, 15) is 9.50 Å². The smallest absolute Gasteiger partial charge is 0.177 e. The molecule has 3 aromatic rings. The fraction of sp³-hybridized carbons (Fsp3) is 0.364. The molecule has 2 fully saturated rings. The van der Waals surface area contributed by atoms with Crippen LogP contribution in [0.3, 0.4) is 0 Å². The Hall–Kier alpha value is -3.13. The molecule has 2 N–H and O–H groups in total. The molecule has 7 nitrogen and oxygen atoms in total. The highest BCUT2D eigenvalue weighted by Crippen LogP contribution is 2.44. The third-order valence-electron chi connectivity index (χ3n) is 6.34. The minimum atomic E-state index is -1.00. The average Bonchev–Trinajstić information content (AvgIpc) is 3.39. The van der Waals surface area contributed by atoms with E-state index in [1.165, 1.54) is 0 Å². The number of hydrogen-bond acceptors (Lipinski definition) is 6. The molecule has 2 bridgehead atoms. The molecule has 4 heterocycles. The molecular weight excluding hydrogens is 383 g/mol. The molecule has 0 saturated carbocycles. The van der Waals surface area contributed by atoms with Gasteiger partial charge in [-0.25, -0.2) is 14.4 Å². The summed E-state index contributed by atoms with van der Waals surface area (Å²) in [5, 5.41) is 22.3. The summed E-state index contributed by atoms with van der Waals surface area (Å²) in [7, 11) is 0. The number of nitrogens with one attached hydrogen (secondary N) is 1. The number of piperidine rings is 1. The topological polar surface area (TPSA) is 88.8 Å². The molecular formula is C22H23FN6O. The van der Waals surface area contributed by atoms with E-state index in [4.69, 9.17) is 0 Å². The van der Waals surface area contributed by atoms with E-state index in [1.807, 2.05) is 6.07 Å². The summed E-state index contributed by atoms with van der Waals surface area (Å²) < 4.78 is 16.8. The highest BCUT2D eigenvalue weighted by atomic mass is 19.1. The lowest BCUT2D eigenvalue weighted by molar-refractivity contribution is 0.135. The molecule has 0 aliphatic carbocycles. The van der Waals surface area contributed by atoms with Crippen molar-refractivity contribution in [3.8, 4) is 22.7 Å². The summed E-state index contributed by atoms with van der Waals surface area (Å²) in [4.78, 5) is 8.39. The van der Waals surface area contributed by atoms with Crippen molar-refractivity contribution in [2.75, 3.05) is 0 Å². The second-order valence-electron chi connectivity index (χ2n) is 8.47. The highest BCUT2D eigenvalue weighted by Gasteiger charge is 2.49. The van der Waals surface area contributed by atoms with Gasteiger partial charge >= 0.3 is 0 Å². The summed E-state index contributed by atoms with van der Waals surface area (Å²) >= 11 is 0. The Morgan fingerprint density at radius 3 is 2.93 bits per heavy atom. The van der Waals surface area contributed by atoms with Gasteiger partial charge in [0, 0.05) is 41.5 Å². The zero-order chi connectivity index (χ0) is 20.9. The first-order chi connectivity index (χ1) is 14.4. The van der Waals surface area contributed by atoms with E-state index < -0.39 is 6.17 Å². The summed E-state index contributed by atoms with van der Waals surface area (Å²) in [5.74, 6) is 0.0978. The third kappa shape index (κ3) is 3.17. The Bertz CT molecular complexity index is 1080. The molecule has 0 radical (unpaired) electrons. The molecule has 30 heavy (non-hydrogen) atoms. The Kier molecular flexibility index (Phi) is 4.39. The normalized spacial score (nSPS) is 27.9. The third-order valence-corrected chi connectivity index (χ3v) is 6.34. The lowest BCUT2D eigenvalue weighted by Crippen LogP contribution is -2.53. The molecule has 154 valence electrons. The standard InChI is InChI=1S/C22H23FN6O/c1-13(16-10-22(2)6-5-17(26-22)20(16)23)21-25-11-18(27-28-21)15-4-3-14(9-19(15)30)29-8-7-24-12-29/h3-4,7-9,11-12,16-17,20,26,30H,1,5-6,10H2,2H3/t16-,17?,20+,22+/m1/s1. The van der Waals surface area contributed by atoms with E-state index in [0.29, 0.717) is 29.1 Å². The molecule has 2 aromatic heterocycles. The number of imidazole rings is 1. The summed E-state index contributed by atoms with van der Waals surface area (Å²) in [5.41, 5.74) is 2.27. The van der Waals surface area contributed by atoms with Gasteiger partial charge in [0.25, 0.3) is 0 Å². The van der Waals surface area contributed by atoms with Crippen LogP contribution in [0.25, 0.3) is 22.5 Å². The van der Waals surface area contributed by atoms with Gasteiger partial charge in [0.2, 0.25) is 0 Å². The Labute approximate surface area is 173 Å². The summed E-state index contributed by atoms with van der Waals surface area (Å²) in [6, 6.07) is 5.10. The van der Waals surface area contributed by atoms with Crippen LogP contribution in [0.5, 0.6) is 5.75 Å². The molecule has 8 heteroatoms. The second kappa shape index (κ2) is 6.98. The molecule has 2 saturated heterocycles. The van der Waals surface area contributed by atoms with E-state index in [2.05, 4.69) is 39.0 Å². The lowest BCUT2D eigenvalue weighted by atomic mass is 9.79. The van der Waals surface area contributed by atoms with Gasteiger partial charge in [0.15, 0.2) is 5.82 Å². The van der Waals surface area contributed by atoms with Crippen LogP contribution in [0.1, 0.15) is 32.0 Å². The van der Waals surface area contributed by atoms with E-state index in [1.54, 1.807) is 41.6 Å². The van der Waals surface area contributed by atoms with Crippen molar-refractivity contribution in [2.24, 2.45) is 5.92 Å². The van der Waals surface area contributed by atoms with E-state index >= 15 is 0 Å². The molecule has 1 unspecified atom stereocenters. The molecule has 1 aromatic carbocycles. The highest BCUT2D eigenvalue weighted by molar-refractivity contribution is 5.68. The van der Waals surface area contributed by atoms with Crippen LogP contribution in [0.15, 0.2) is 49.7 Å². The molecule has 2 aliphatic rings. The van der Waals surface area contributed by atoms with Gasteiger partial charge in [-0.1, -0.05) is 6.58 Å². The number of fused-ring (bicyclic) bond motifs is 2. The second-order valence-corrected chi connectivity index (χ2v) is 8.47. The first-order valence-corrected chi connectivity index (χ1v) is 10.1. The quantitative estimate of drug-likeness (QED) is 0.691. The van der Waals surface area contributed by atoms with Gasteiger partial charge in [0.05, 0.1) is 18.2 Å². The zero-order valence-corrected chi connectivity index (χ0v) is 16.7. The van der Waals surface area contributed by atoms with Crippen molar-refractivity contribution in [2.45, 2.75) is 43.9 Å². The molecule has 5 rings (SSSR count). The number of rotatable bonds is 4. The number of phenolic OH excluding ortho intramolecular Hbond substituents is 1. The van der Waals surface area contributed by atoms with Crippen LogP contribution in [0.2, 0.25) is 0 Å². The Balaban J connectivity index is 1.38. The first kappa shape index (κ1) is 18.9. The summed E-state index contributed by atoms with van der Waals surface area (Å²) in [6.45, 7) is 6.23. The largest absolute Gasteiger partial charge is 0.507 e. The number of nitrogens with zero attached hydrogens (tertiary/aromatic N) is 5. The predicted molar refractivity (Wildman–Crippen MR) is 111 cm³/mol.